The number of carbonyl (C=O) groups excluding carboxylic acids is 3. The summed E-state index contributed by atoms with van der Waals surface area (Å²) < 4.78 is 9.78. The van der Waals surface area contributed by atoms with Crippen molar-refractivity contribution in [1.82, 2.24) is 10.6 Å². The monoisotopic (exact) mass is 286 g/mol. The van der Waals surface area contributed by atoms with Gasteiger partial charge in [-0.2, -0.15) is 0 Å². The van der Waals surface area contributed by atoms with Gasteiger partial charge in [0, 0.05) is 6.42 Å². The summed E-state index contributed by atoms with van der Waals surface area (Å²) in [5, 5.41) is 5.15. The molecule has 1 rings (SSSR count). The molecule has 0 spiro atoms. The Morgan fingerprint density at radius 1 is 1.40 bits per heavy atom. The standard InChI is InChI=1S/C13H22N2O5/c1-13(2,3)20-12(18)15-10(11(17)19-4)8-6-5-7-9(16)14-8/h8,10H,5-7H2,1-4H3,(H,14,16)(H,15,18)/t8-,10+/m0/s1. The van der Waals surface area contributed by atoms with Crippen molar-refractivity contribution in [2.45, 2.75) is 57.7 Å². The Kier molecular flexibility index (Phi) is 5.35. The Morgan fingerprint density at radius 2 is 2.05 bits per heavy atom. The van der Waals surface area contributed by atoms with Crippen LogP contribution in [0.5, 0.6) is 0 Å². The third kappa shape index (κ3) is 5.07. The van der Waals surface area contributed by atoms with E-state index < -0.39 is 29.7 Å². The van der Waals surface area contributed by atoms with Gasteiger partial charge in [-0.05, 0) is 33.6 Å². The van der Waals surface area contributed by atoms with E-state index in [1.54, 1.807) is 20.8 Å². The lowest BCUT2D eigenvalue weighted by Gasteiger charge is -2.30. The molecule has 0 aromatic heterocycles. The summed E-state index contributed by atoms with van der Waals surface area (Å²) in [6, 6.07) is -1.42. The van der Waals surface area contributed by atoms with E-state index in [9.17, 15) is 14.4 Å². The van der Waals surface area contributed by atoms with Gasteiger partial charge in [-0.15, -0.1) is 0 Å². The fourth-order valence-corrected chi connectivity index (χ4v) is 1.97. The van der Waals surface area contributed by atoms with Crippen molar-refractivity contribution in [3.05, 3.63) is 0 Å². The molecule has 0 unspecified atom stereocenters. The molecule has 2 N–H and O–H groups in total. The molecular weight excluding hydrogens is 264 g/mol. The van der Waals surface area contributed by atoms with E-state index in [0.29, 0.717) is 19.3 Å². The predicted octanol–water partition coefficient (Wildman–Crippen LogP) is 0.721. The molecule has 0 aliphatic carbocycles. The molecule has 2 amide bonds. The van der Waals surface area contributed by atoms with Crippen LogP contribution in [0.2, 0.25) is 0 Å². The maximum Gasteiger partial charge on any atom is 0.408 e. The van der Waals surface area contributed by atoms with Gasteiger partial charge in [-0.3, -0.25) is 4.79 Å². The zero-order valence-corrected chi connectivity index (χ0v) is 12.3. The fourth-order valence-electron chi connectivity index (χ4n) is 1.97. The van der Waals surface area contributed by atoms with E-state index in [1.165, 1.54) is 7.11 Å². The molecule has 1 aliphatic rings. The van der Waals surface area contributed by atoms with Gasteiger partial charge in [0.05, 0.1) is 13.2 Å². The second-order valence-corrected chi connectivity index (χ2v) is 5.71. The number of piperidine rings is 1. The highest BCUT2D eigenvalue weighted by Gasteiger charge is 2.34. The third-order valence-electron chi connectivity index (χ3n) is 2.80. The van der Waals surface area contributed by atoms with Crippen molar-refractivity contribution in [3.63, 3.8) is 0 Å². The minimum atomic E-state index is -0.945. The Bertz CT molecular complexity index is 389. The molecule has 0 radical (unpaired) electrons. The number of nitrogens with one attached hydrogen (secondary N) is 2. The van der Waals surface area contributed by atoms with Crippen molar-refractivity contribution in [3.8, 4) is 0 Å². The number of carbonyl (C=O) groups is 3. The normalized spacial score (nSPS) is 20.6. The van der Waals surface area contributed by atoms with Crippen molar-refractivity contribution in [2.75, 3.05) is 7.11 Å². The van der Waals surface area contributed by atoms with E-state index in [2.05, 4.69) is 15.4 Å². The Balaban J connectivity index is 2.72. The number of hydrogen-bond donors (Lipinski definition) is 2. The highest BCUT2D eigenvalue weighted by molar-refractivity contribution is 5.84. The molecular formula is C13H22N2O5. The number of ether oxygens (including phenoxy) is 2. The van der Waals surface area contributed by atoms with Crippen LogP contribution in [0.25, 0.3) is 0 Å². The molecule has 0 aromatic carbocycles. The van der Waals surface area contributed by atoms with Gasteiger partial charge in [0.15, 0.2) is 0 Å². The van der Waals surface area contributed by atoms with Crippen molar-refractivity contribution < 1.29 is 23.9 Å². The molecule has 0 bridgehead atoms. The first-order valence-corrected chi connectivity index (χ1v) is 6.59. The van der Waals surface area contributed by atoms with Gasteiger partial charge in [0.25, 0.3) is 0 Å². The van der Waals surface area contributed by atoms with Crippen LogP contribution in [0.1, 0.15) is 40.0 Å². The number of hydrogen-bond acceptors (Lipinski definition) is 5. The van der Waals surface area contributed by atoms with Crippen LogP contribution in [0.15, 0.2) is 0 Å². The van der Waals surface area contributed by atoms with Crippen LogP contribution in [-0.2, 0) is 19.1 Å². The average molecular weight is 286 g/mol. The first kappa shape index (κ1) is 16.3. The lowest BCUT2D eigenvalue weighted by atomic mass is 9.97. The second kappa shape index (κ2) is 6.58. The quantitative estimate of drug-likeness (QED) is 0.746. The van der Waals surface area contributed by atoms with Crippen LogP contribution in [0.3, 0.4) is 0 Å². The van der Waals surface area contributed by atoms with E-state index in [4.69, 9.17) is 4.74 Å². The Hall–Kier alpha value is -1.79. The van der Waals surface area contributed by atoms with Crippen LogP contribution in [-0.4, -0.2) is 42.8 Å². The maximum atomic E-state index is 11.8. The van der Waals surface area contributed by atoms with Gasteiger partial charge >= 0.3 is 12.1 Å². The number of rotatable bonds is 3. The van der Waals surface area contributed by atoms with Crippen molar-refractivity contribution >= 4 is 18.0 Å². The molecule has 20 heavy (non-hydrogen) atoms. The number of methoxy groups -OCH3 is 1. The highest BCUT2D eigenvalue weighted by Crippen LogP contribution is 2.14. The first-order chi connectivity index (χ1) is 9.23. The Morgan fingerprint density at radius 3 is 2.55 bits per heavy atom. The lowest BCUT2D eigenvalue weighted by Crippen LogP contribution is -2.57. The van der Waals surface area contributed by atoms with Gasteiger partial charge in [-0.25, -0.2) is 9.59 Å². The Labute approximate surface area is 118 Å². The van der Waals surface area contributed by atoms with Crippen LogP contribution in [0, 0.1) is 0 Å². The summed E-state index contributed by atoms with van der Waals surface area (Å²) in [6.45, 7) is 5.17. The molecule has 1 saturated heterocycles. The molecule has 1 fully saturated rings. The van der Waals surface area contributed by atoms with Gasteiger partial charge < -0.3 is 20.1 Å². The average Bonchev–Trinajstić information content (AvgIpc) is 2.33. The second-order valence-electron chi connectivity index (χ2n) is 5.71. The van der Waals surface area contributed by atoms with Gasteiger partial charge in [-0.1, -0.05) is 0 Å². The van der Waals surface area contributed by atoms with Crippen LogP contribution in [0.4, 0.5) is 4.79 Å². The minimum Gasteiger partial charge on any atom is -0.467 e. The van der Waals surface area contributed by atoms with E-state index in [-0.39, 0.29) is 5.91 Å². The number of esters is 1. The summed E-state index contributed by atoms with van der Waals surface area (Å²) in [5.41, 5.74) is -0.666. The van der Waals surface area contributed by atoms with Crippen LogP contribution >= 0.6 is 0 Å². The molecule has 7 nitrogen and oxygen atoms in total. The highest BCUT2D eigenvalue weighted by atomic mass is 16.6. The maximum absolute atomic E-state index is 11.8. The van der Waals surface area contributed by atoms with Crippen molar-refractivity contribution in [1.29, 1.82) is 0 Å². The van der Waals surface area contributed by atoms with Crippen molar-refractivity contribution in [2.24, 2.45) is 0 Å². The summed E-state index contributed by atoms with van der Waals surface area (Å²) >= 11 is 0. The smallest absolute Gasteiger partial charge is 0.408 e. The number of amides is 2. The third-order valence-corrected chi connectivity index (χ3v) is 2.80. The largest absolute Gasteiger partial charge is 0.467 e. The van der Waals surface area contributed by atoms with E-state index in [0.717, 1.165) is 0 Å². The molecule has 0 aromatic rings. The summed E-state index contributed by atoms with van der Waals surface area (Å²) in [6.07, 6.45) is 0.978. The molecule has 114 valence electrons. The lowest BCUT2D eigenvalue weighted by molar-refractivity contribution is -0.144. The molecule has 2 atom stereocenters. The van der Waals surface area contributed by atoms with E-state index in [1.807, 2.05) is 0 Å². The van der Waals surface area contributed by atoms with E-state index >= 15 is 0 Å². The molecule has 1 aliphatic heterocycles. The number of alkyl carbamates (subject to hydrolysis) is 1. The van der Waals surface area contributed by atoms with Crippen LogP contribution < -0.4 is 10.6 Å². The molecule has 0 saturated carbocycles. The predicted molar refractivity (Wildman–Crippen MR) is 71.0 cm³/mol. The zero-order chi connectivity index (χ0) is 15.3. The summed E-state index contributed by atoms with van der Waals surface area (Å²) in [4.78, 5) is 34.9. The minimum absolute atomic E-state index is 0.138. The summed E-state index contributed by atoms with van der Waals surface area (Å²) in [5.74, 6) is -0.746. The van der Waals surface area contributed by atoms with Gasteiger partial charge in [0.1, 0.15) is 11.6 Å². The molecule has 1 heterocycles. The topological polar surface area (TPSA) is 93.7 Å². The fraction of sp³-hybridized carbons (Fsp3) is 0.769. The first-order valence-electron chi connectivity index (χ1n) is 6.59. The van der Waals surface area contributed by atoms with Gasteiger partial charge in [0.2, 0.25) is 5.91 Å². The SMILES string of the molecule is COC(=O)[C@H](NC(=O)OC(C)(C)C)[C@@H]1CCCC(=O)N1. The molecule has 7 heteroatoms. The summed E-state index contributed by atoms with van der Waals surface area (Å²) in [7, 11) is 1.23. The zero-order valence-electron chi connectivity index (χ0n) is 12.3.